The molecule has 0 bridgehead atoms. The Morgan fingerprint density at radius 3 is 2.95 bits per heavy atom. The molecule has 2 heterocycles. The molecule has 0 radical (unpaired) electrons. The highest BCUT2D eigenvalue weighted by Gasteiger charge is 2.28. The zero-order valence-corrected chi connectivity index (χ0v) is 14.0. The van der Waals surface area contributed by atoms with Gasteiger partial charge in [0.15, 0.2) is 0 Å². The van der Waals surface area contributed by atoms with Crippen molar-refractivity contribution in [3.8, 4) is 0 Å². The summed E-state index contributed by atoms with van der Waals surface area (Å²) in [6.07, 6.45) is 1.10. The molecule has 1 aromatic heterocycles. The van der Waals surface area contributed by atoms with Crippen LogP contribution >= 0.6 is 24.0 Å². The summed E-state index contributed by atoms with van der Waals surface area (Å²) in [7, 11) is 0. The highest BCUT2D eigenvalue weighted by molar-refractivity contribution is 6.31. The third-order valence-electron chi connectivity index (χ3n) is 4.19. The minimum atomic E-state index is -0.139. The number of nitrogens with one attached hydrogen (secondary N) is 1. The third kappa shape index (κ3) is 3.43. The molecule has 2 atom stereocenters. The van der Waals surface area contributed by atoms with Gasteiger partial charge in [-0.1, -0.05) is 11.6 Å². The molecule has 7 heteroatoms. The minimum Gasteiger partial charge on any atom is -0.330 e. The molecule has 2 aromatic rings. The molecule has 0 spiro atoms. The Kier molecular flexibility index (Phi) is 5.45. The Morgan fingerprint density at radius 1 is 1.50 bits per heavy atom. The van der Waals surface area contributed by atoms with Gasteiger partial charge >= 0.3 is 0 Å². The molecule has 5 nitrogen and oxygen atoms in total. The van der Waals surface area contributed by atoms with E-state index in [4.69, 9.17) is 17.3 Å². The van der Waals surface area contributed by atoms with Gasteiger partial charge in [0, 0.05) is 17.6 Å². The second-order valence-corrected chi connectivity index (χ2v) is 6.23. The number of hydrogen-bond acceptors (Lipinski definition) is 4. The summed E-state index contributed by atoms with van der Waals surface area (Å²) in [5, 5.41) is 1.07. The maximum Gasteiger partial charge on any atom is 0.258 e. The summed E-state index contributed by atoms with van der Waals surface area (Å²) in [5.41, 5.74) is 6.29. The maximum absolute atomic E-state index is 12.1. The highest BCUT2D eigenvalue weighted by Crippen LogP contribution is 2.23. The third-order valence-corrected chi connectivity index (χ3v) is 4.43. The molecule has 3 N–H and O–H groups in total. The van der Waals surface area contributed by atoms with Gasteiger partial charge in [-0.3, -0.25) is 9.69 Å². The van der Waals surface area contributed by atoms with E-state index in [1.807, 2.05) is 0 Å². The predicted octanol–water partition coefficient (Wildman–Crippen LogP) is 2.17. The molecule has 1 saturated heterocycles. The van der Waals surface area contributed by atoms with Crippen molar-refractivity contribution in [2.24, 2.45) is 11.7 Å². The van der Waals surface area contributed by atoms with E-state index in [1.54, 1.807) is 18.2 Å². The van der Waals surface area contributed by atoms with E-state index >= 15 is 0 Å². The number of benzene rings is 1. The molecule has 0 amide bonds. The molecule has 1 fully saturated rings. The van der Waals surface area contributed by atoms with Crippen molar-refractivity contribution in [1.82, 2.24) is 14.9 Å². The lowest BCUT2D eigenvalue weighted by Gasteiger charge is -2.20. The van der Waals surface area contributed by atoms with Crippen molar-refractivity contribution >= 4 is 34.9 Å². The van der Waals surface area contributed by atoms with Crippen molar-refractivity contribution in [2.45, 2.75) is 25.9 Å². The van der Waals surface area contributed by atoms with Crippen molar-refractivity contribution in [3.63, 3.8) is 0 Å². The summed E-state index contributed by atoms with van der Waals surface area (Å²) < 4.78 is 0. The van der Waals surface area contributed by atoms with Crippen LogP contribution in [0.2, 0.25) is 5.02 Å². The fourth-order valence-electron chi connectivity index (χ4n) is 3.04. The molecule has 0 saturated carbocycles. The first kappa shape index (κ1) is 17.2. The highest BCUT2D eigenvalue weighted by atomic mass is 35.5. The zero-order valence-electron chi connectivity index (χ0n) is 12.4. The summed E-state index contributed by atoms with van der Waals surface area (Å²) in [4.78, 5) is 21.9. The molecule has 120 valence electrons. The van der Waals surface area contributed by atoms with Crippen LogP contribution in [0.1, 0.15) is 19.2 Å². The van der Waals surface area contributed by atoms with E-state index < -0.39 is 0 Å². The molecule has 1 aliphatic heterocycles. The smallest absolute Gasteiger partial charge is 0.258 e. The van der Waals surface area contributed by atoms with Crippen LogP contribution in [-0.4, -0.2) is 34.0 Å². The van der Waals surface area contributed by atoms with Crippen molar-refractivity contribution in [3.05, 3.63) is 39.4 Å². The molecule has 22 heavy (non-hydrogen) atoms. The lowest BCUT2D eigenvalue weighted by Crippen LogP contribution is -2.29. The SMILES string of the molecule is CC1CC(CN)CN1Cc1nc2ccc(Cl)cc2c(=O)[nH]1.Cl. The molecular formula is C15H20Cl2N4O. The summed E-state index contributed by atoms with van der Waals surface area (Å²) in [5.74, 6) is 1.23. The standard InChI is InChI=1S/C15H19ClN4O.ClH/c1-9-4-10(6-17)7-20(9)8-14-18-13-3-2-11(16)5-12(13)15(21)19-14;/h2-3,5,9-10H,4,6-8,17H2,1H3,(H,18,19,21);1H. The summed E-state index contributed by atoms with van der Waals surface area (Å²) >= 11 is 5.92. The van der Waals surface area contributed by atoms with Gasteiger partial charge in [0.05, 0.1) is 17.4 Å². The number of H-pyrrole nitrogens is 1. The number of nitrogens with zero attached hydrogens (tertiary/aromatic N) is 2. The number of halogens is 2. The van der Waals surface area contributed by atoms with Crippen LogP contribution in [0.15, 0.2) is 23.0 Å². The molecule has 0 aliphatic carbocycles. The van der Waals surface area contributed by atoms with Crippen LogP contribution in [0.4, 0.5) is 0 Å². The lowest BCUT2D eigenvalue weighted by atomic mass is 10.1. The minimum absolute atomic E-state index is 0. The molecule has 2 unspecified atom stereocenters. The van der Waals surface area contributed by atoms with Gasteiger partial charge < -0.3 is 10.7 Å². The van der Waals surface area contributed by atoms with Crippen LogP contribution in [-0.2, 0) is 6.54 Å². The van der Waals surface area contributed by atoms with Gasteiger partial charge in [-0.15, -0.1) is 12.4 Å². The van der Waals surface area contributed by atoms with Gasteiger partial charge in [-0.25, -0.2) is 4.98 Å². The summed E-state index contributed by atoms with van der Waals surface area (Å²) in [6, 6.07) is 5.65. The number of rotatable bonds is 3. The van der Waals surface area contributed by atoms with Crippen molar-refractivity contribution < 1.29 is 0 Å². The Hall–Kier alpha value is -1.14. The van der Waals surface area contributed by atoms with Crippen LogP contribution in [0.25, 0.3) is 10.9 Å². The maximum atomic E-state index is 12.1. The topological polar surface area (TPSA) is 75.0 Å². The fourth-order valence-corrected chi connectivity index (χ4v) is 3.21. The monoisotopic (exact) mass is 342 g/mol. The number of fused-ring (bicyclic) bond motifs is 1. The van der Waals surface area contributed by atoms with Crippen molar-refractivity contribution in [2.75, 3.05) is 13.1 Å². The Labute approximate surface area is 140 Å². The molecule has 1 aromatic carbocycles. The first-order valence-corrected chi connectivity index (χ1v) is 7.57. The van der Waals surface area contributed by atoms with Gasteiger partial charge in [-0.05, 0) is 44.0 Å². The quantitative estimate of drug-likeness (QED) is 0.896. The van der Waals surface area contributed by atoms with E-state index in [2.05, 4.69) is 21.8 Å². The number of aromatic nitrogens is 2. The van der Waals surface area contributed by atoms with Crippen LogP contribution in [0.5, 0.6) is 0 Å². The Morgan fingerprint density at radius 2 is 2.27 bits per heavy atom. The summed E-state index contributed by atoms with van der Waals surface area (Å²) in [6.45, 7) is 4.50. The van der Waals surface area contributed by atoms with Gasteiger partial charge in [0.2, 0.25) is 0 Å². The second-order valence-electron chi connectivity index (χ2n) is 5.79. The van der Waals surface area contributed by atoms with Crippen LogP contribution < -0.4 is 11.3 Å². The van der Waals surface area contributed by atoms with E-state index in [9.17, 15) is 4.79 Å². The number of nitrogens with two attached hydrogens (primary N) is 1. The van der Waals surface area contributed by atoms with Crippen molar-refractivity contribution in [1.29, 1.82) is 0 Å². The molecular weight excluding hydrogens is 323 g/mol. The van der Waals surface area contributed by atoms with E-state index in [0.29, 0.717) is 46.8 Å². The Bertz CT molecular complexity index is 718. The van der Waals surface area contributed by atoms with E-state index in [0.717, 1.165) is 13.0 Å². The van der Waals surface area contributed by atoms with Gasteiger partial charge in [0.1, 0.15) is 5.82 Å². The number of hydrogen-bond donors (Lipinski definition) is 2. The number of likely N-dealkylation sites (tertiary alicyclic amines) is 1. The lowest BCUT2D eigenvalue weighted by molar-refractivity contribution is 0.249. The predicted molar refractivity (Wildman–Crippen MR) is 91.7 cm³/mol. The van der Waals surface area contributed by atoms with Gasteiger partial charge in [0.25, 0.3) is 5.56 Å². The molecule has 1 aliphatic rings. The Balaban J connectivity index is 0.00000176. The van der Waals surface area contributed by atoms with Crippen LogP contribution in [0.3, 0.4) is 0 Å². The average Bonchev–Trinajstić information content (AvgIpc) is 2.80. The van der Waals surface area contributed by atoms with E-state index in [-0.39, 0.29) is 18.0 Å². The zero-order chi connectivity index (χ0) is 15.0. The number of aromatic amines is 1. The fraction of sp³-hybridized carbons (Fsp3) is 0.467. The second kappa shape index (κ2) is 6.96. The normalized spacial score (nSPS) is 22.0. The van der Waals surface area contributed by atoms with Crippen LogP contribution in [0, 0.1) is 5.92 Å². The molecule has 3 rings (SSSR count). The van der Waals surface area contributed by atoms with Gasteiger partial charge in [-0.2, -0.15) is 0 Å². The first-order chi connectivity index (χ1) is 10.1. The van der Waals surface area contributed by atoms with E-state index in [1.165, 1.54) is 0 Å². The first-order valence-electron chi connectivity index (χ1n) is 7.19. The average molecular weight is 343 g/mol. The largest absolute Gasteiger partial charge is 0.330 e.